The Morgan fingerprint density at radius 1 is 1.29 bits per heavy atom. The van der Waals surface area contributed by atoms with Crippen LogP contribution in [0, 0.1) is 0 Å². The van der Waals surface area contributed by atoms with E-state index in [4.69, 9.17) is 0 Å². The number of fused-ring (bicyclic) bond motifs is 1. The second kappa shape index (κ2) is 4.55. The van der Waals surface area contributed by atoms with Crippen molar-refractivity contribution in [3.05, 3.63) is 46.8 Å². The Bertz CT molecular complexity index is 567. The maximum Gasteiger partial charge on any atom is 0.243 e. The topological polar surface area (TPSA) is 42.2 Å². The first-order valence-electron chi connectivity index (χ1n) is 5.48. The molecule has 0 aromatic carbocycles. The minimum absolute atomic E-state index is 0.687. The molecule has 0 bridgehead atoms. The highest BCUT2D eigenvalue weighted by Crippen LogP contribution is 2.08. The lowest BCUT2D eigenvalue weighted by Crippen LogP contribution is -2.05. The van der Waals surface area contributed by atoms with E-state index in [0.29, 0.717) is 5.95 Å². The van der Waals surface area contributed by atoms with Crippen LogP contribution in [0.5, 0.6) is 0 Å². The molecule has 0 unspecified atom stereocenters. The van der Waals surface area contributed by atoms with Gasteiger partial charge in [0.1, 0.15) is 0 Å². The van der Waals surface area contributed by atoms with Gasteiger partial charge in [-0.1, -0.05) is 6.07 Å². The summed E-state index contributed by atoms with van der Waals surface area (Å²) in [7, 11) is 0. The fourth-order valence-corrected chi connectivity index (χ4v) is 2.36. The average Bonchev–Trinajstić information content (AvgIpc) is 2.96. The van der Waals surface area contributed by atoms with Crippen molar-refractivity contribution in [2.45, 2.75) is 6.42 Å². The molecule has 0 radical (unpaired) electrons. The Labute approximate surface area is 103 Å². The van der Waals surface area contributed by atoms with Gasteiger partial charge in [-0.3, -0.25) is 0 Å². The smallest absolute Gasteiger partial charge is 0.243 e. The molecular weight excluding hydrogens is 232 g/mol. The number of nitrogens with zero attached hydrogens (tertiary/aromatic N) is 3. The zero-order valence-corrected chi connectivity index (χ0v) is 10.0. The van der Waals surface area contributed by atoms with Crippen LogP contribution in [0.1, 0.15) is 5.56 Å². The van der Waals surface area contributed by atoms with Crippen molar-refractivity contribution in [3.8, 4) is 0 Å². The first kappa shape index (κ1) is 10.3. The minimum Gasteiger partial charge on any atom is -0.353 e. The molecule has 3 aromatic rings. The molecule has 1 N–H and O–H groups in total. The van der Waals surface area contributed by atoms with Gasteiger partial charge in [-0.2, -0.15) is 16.3 Å². The number of hydrogen-bond acceptors (Lipinski definition) is 4. The molecule has 0 aliphatic heterocycles. The van der Waals surface area contributed by atoms with Crippen LogP contribution >= 0.6 is 11.3 Å². The zero-order chi connectivity index (χ0) is 11.5. The first-order valence-corrected chi connectivity index (χ1v) is 6.42. The van der Waals surface area contributed by atoms with Gasteiger partial charge in [-0.25, -0.2) is 4.52 Å². The Morgan fingerprint density at radius 2 is 2.29 bits per heavy atom. The maximum absolute atomic E-state index is 4.37. The predicted molar refractivity (Wildman–Crippen MR) is 69.5 cm³/mol. The molecule has 0 fully saturated rings. The van der Waals surface area contributed by atoms with Crippen molar-refractivity contribution in [2.75, 3.05) is 11.9 Å². The summed E-state index contributed by atoms with van der Waals surface area (Å²) >= 11 is 1.73. The van der Waals surface area contributed by atoms with Crippen molar-refractivity contribution in [2.24, 2.45) is 0 Å². The number of pyridine rings is 1. The third-order valence-corrected chi connectivity index (χ3v) is 3.25. The number of thiophene rings is 1. The second-order valence-electron chi connectivity index (χ2n) is 3.75. The molecule has 17 heavy (non-hydrogen) atoms. The summed E-state index contributed by atoms with van der Waals surface area (Å²) in [5.74, 6) is 0.687. The van der Waals surface area contributed by atoms with E-state index < -0.39 is 0 Å². The van der Waals surface area contributed by atoms with Gasteiger partial charge in [0.25, 0.3) is 0 Å². The quantitative estimate of drug-likeness (QED) is 0.766. The van der Waals surface area contributed by atoms with Crippen LogP contribution in [0.4, 0.5) is 5.95 Å². The van der Waals surface area contributed by atoms with Gasteiger partial charge in [0, 0.05) is 12.7 Å². The number of rotatable bonds is 4. The first-order chi connectivity index (χ1) is 8.42. The lowest BCUT2D eigenvalue weighted by Gasteiger charge is -1.98. The van der Waals surface area contributed by atoms with Gasteiger partial charge >= 0.3 is 0 Å². The zero-order valence-electron chi connectivity index (χ0n) is 9.21. The van der Waals surface area contributed by atoms with E-state index in [-0.39, 0.29) is 0 Å². The molecule has 5 heteroatoms. The SMILES string of the molecule is c1ccn2nc(NCCc3ccsc3)nc2c1. The Hall–Kier alpha value is -1.88. The molecule has 0 aliphatic carbocycles. The Balaban J connectivity index is 1.65. The molecule has 86 valence electrons. The molecule has 3 aromatic heterocycles. The fourth-order valence-electron chi connectivity index (χ4n) is 1.66. The highest BCUT2D eigenvalue weighted by Gasteiger charge is 2.01. The summed E-state index contributed by atoms with van der Waals surface area (Å²) in [6, 6.07) is 7.98. The molecule has 0 amide bonds. The number of aromatic nitrogens is 3. The second-order valence-corrected chi connectivity index (χ2v) is 4.53. The van der Waals surface area contributed by atoms with Crippen LogP contribution < -0.4 is 5.32 Å². The van der Waals surface area contributed by atoms with Gasteiger partial charge in [0.2, 0.25) is 5.95 Å². The van der Waals surface area contributed by atoms with Crippen LogP contribution in [0.15, 0.2) is 41.2 Å². The lowest BCUT2D eigenvalue weighted by molar-refractivity contribution is 0.938. The minimum atomic E-state index is 0.687. The normalized spacial score (nSPS) is 10.8. The number of anilines is 1. The third kappa shape index (κ3) is 2.29. The monoisotopic (exact) mass is 244 g/mol. The molecule has 0 atom stereocenters. The molecular formula is C12H12N4S. The Kier molecular flexibility index (Phi) is 2.75. The van der Waals surface area contributed by atoms with E-state index in [2.05, 4.69) is 32.2 Å². The van der Waals surface area contributed by atoms with Gasteiger partial charge in [-0.15, -0.1) is 5.10 Å². The molecule has 3 rings (SSSR count). The summed E-state index contributed by atoms with van der Waals surface area (Å²) < 4.78 is 1.77. The van der Waals surface area contributed by atoms with E-state index in [1.54, 1.807) is 15.9 Å². The predicted octanol–water partition coefficient (Wildman–Crippen LogP) is 2.45. The summed E-state index contributed by atoms with van der Waals surface area (Å²) in [6.45, 7) is 0.855. The van der Waals surface area contributed by atoms with E-state index >= 15 is 0 Å². The van der Waals surface area contributed by atoms with Gasteiger partial charge in [-0.05, 0) is 40.9 Å². The third-order valence-electron chi connectivity index (χ3n) is 2.52. The lowest BCUT2D eigenvalue weighted by atomic mass is 10.2. The average molecular weight is 244 g/mol. The summed E-state index contributed by atoms with van der Waals surface area (Å²) in [4.78, 5) is 4.37. The highest BCUT2D eigenvalue weighted by atomic mass is 32.1. The van der Waals surface area contributed by atoms with Crippen molar-refractivity contribution >= 4 is 22.9 Å². The van der Waals surface area contributed by atoms with Gasteiger partial charge < -0.3 is 5.32 Å². The molecule has 0 saturated heterocycles. The molecule has 0 spiro atoms. The molecule has 4 nitrogen and oxygen atoms in total. The number of hydrogen-bond donors (Lipinski definition) is 1. The van der Waals surface area contributed by atoms with Gasteiger partial charge in [0.15, 0.2) is 5.65 Å². The van der Waals surface area contributed by atoms with Crippen molar-refractivity contribution < 1.29 is 0 Å². The summed E-state index contributed by atoms with van der Waals surface area (Å²) in [5, 5.41) is 11.8. The molecule has 0 saturated carbocycles. The highest BCUT2D eigenvalue weighted by molar-refractivity contribution is 7.07. The summed E-state index contributed by atoms with van der Waals surface area (Å²) in [6.07, 6.45) is 2.89. The maximum atomic E-state index is 4.37. The van der Waals surface area contributed by atoms with Crippen LogP contribution in [-0.2, 0) is 6.42 Å². The Morgan fingerprint density at radius 3 is 3.12 bits per heavy atom. The van der Waals surface area contributed by atoms with Crippen molar-refractivity contribution in [3.63, 3.8) is 0 Å². The fraction of sp³-hybridized carbons (Fsp3) is 0.167. The van der Waals surface area contributed by atoms with Crippen molar-refractivity contribution in [1.82, 2.24) is 14.6 Å². The van der Waals surface area contributed by atoms with Crippen LogP contribution in [0.25, 0.3) is 5.65 Å². The van der Waals surface area contributed by atoms with Crippen LogP contribution in [0.3, 0.4) is 0 Å². The largest absolute Gasteiger partial charge is 0.353 e. The van der Waals surface area contributed by atoms with E-state index in [1.165, 1.54) is 5.56 Å². The summed E-state index contributed by atoms with van der Waals surface area (Å²) in [5.41, 5.74) is 2.22. The van der Waals surface area contributed by atoms with E-state index in [9.17, 15) is 0 Å². The van der Waals surface area contributed by atoms with Crippen LogP contribution in [0.2, 0.25) is 0 Å². The van der Waals surface area contributed by atoms with Crippen LogP contribution in [-0.4, -0.2) is 21.1 Å². The van der Waals surface area contributed by atoms with E-state index in [0.717, 1.165) is 18.6 Å². The molecule has 3 heterocycles. The van der Waals surface area contributed by atoms with E-state index in [1.807, 2.05) is 24.4 Å². The van der Waals surface area contributed by atoms with Gasteiger partial charge in [0.05, 0.1) is 0 Å². The standard InChI is InChI=1S/C12H12N4S/c1-2-7-16-11(3-1)14-12(15-16)13-6-4-10-5-8-17-9-10/h1-3,5,7-9H,4,6H2,(H,13,15). The van der Waals surface area contributed by atoms with Crippen molar-refractivity contribution in [1.29, 1.82) is 0 Å². The molecule has 0 aliphatic rings. The number of nitrogens with one attached hydrogen (secondary N) is 1.